The molecule has 2 nitrogen and oxygen atoms in total. The molecular weight excluding hydrogens is 174 g/mol. The summed E-state index contributed by atoms with van der Waals surface area (Å²) >= 11 is 0. The summed E-state index contributed by atoms with van der Waals surface area (Å²) in [5.74, 6) is 0.0631. The molecule has 1 N–H and O–H groups in total. The lowest BCUT2D eigenvalue weighted by Gasteiger charge is -2.01. The molecule has 1 aromatic rings. The number of hydrogen-bond acceptors (Lipinski definition) is 1. The van der Waals surface area contributed by atoms with Crippen LogP contribution in [0.5, 0.6) is 0 Å². The third-order valence-electron chi connectivity index (χ3n) is 2.40. The lowest BCUT2D eigenvalue weighted by molar-refractivity contribution is 0.0965. The first-order valence-electron chi connectivity index (χ1n) is 5.07. The lowest BCUT2D eigenvalue weighted by Crippen LogP contribution is -2.12. The Morgan fingerprint density at radius 1 is 1.14 bits per heavy atom. The van der Waals surface area contributed by atoms with Crippen LogP contribution in [0.3, 0.4) is 0 Å². The Bertz CT molecular complexity index is 356. The molecule has 2 heteroatoms. The molecule has 0 unspecified atom stereocenters. The summed E-state index contributed by atoms with van der Waals surface area (Å²) < 4.78 is 0. The normalized spacial score (nSPS) is 12.7. The first-order valence-corrected chi connectivity index (χ1v) is 5.07. The van der Waals surface area contributed by atoms with Crippen LogP contribution in [-0.2, 0) is 6.54 Å². The number of benzene rings is 1. The molecule has 0 aliphatic carbocycles. The zero-order chi connectivity index (χ0) is 10.7. The summed E-state index contributed by atoms with van der Waals surface area (Å²) in [5.41, 5.74) is 4.41. The molecular formula is C12H17NO. The Kier molecular flexibility index (Phi) is 3.28. The molecule has 0 atom stereocenters. The smallest absolute Gasteiger partial charge is 0.251 e. The highest BCUT2D eigenvalue weighted by Gasteiger charge is 2.18. The molecule has 0 radical (unpaired) electrons. The Hall–Kier alpha value is -1.31. The maximum Gasteiger partial charge on any atom is 0.251 e. The van der Waals surface area contributed by atoms with Gasteiger partial charge in [-0.3, -0.25) is 4.79 Å². The number of fused-ring (bicyclic) bond motifs is 1. The van der Waals surface area contributed by atoms with Gasteiger partial charge in [-0.25, -0.2) is 0 Å². The number of hydrogen-bond donors (Lipinski definition) is 1. The molecule has 2 rings (SSSR count). The van der Waals surface area contributed by atoms with Crippen LogP contribution in [0.1, 0.15) is 40.9 Å². The van der Waals surface area contributed by atoms with Crippen molar-refractivity contribution >= 4 is 5.91 Å². The van der Waals surface area contributed by atoms with Crippen LogP contribution in [0.2, 0.25) is 0 Å². The van der Waals surface area contributed by atoms with Gasteiger partial charge in [-0.05, 0) is 36.6 Å². The van der Waals surface area contributed by atoms with Gasteiger partial charge in [-0.2, -0.15) is 0 Å². The number of aryl methyl sites for hydroxylation is 2. The van der Waals surface area contributed by atoms with Gasteiger partial charge in [0.25, 0.3) is 5.91 Å². The summed E-state index contributed by atoms with van der Waals surface area (Å²) in [6.45, 7) is 8.79. The molecule has 0 spiro atoms. The topological polar surface area (TPSA) is 29.1 Å². The number of carbonyl (C=O) groups is 1. The van der Waals surface area contributed by atoms with E-state index in [1.807, 2.05) is 26.8 Å². The largest absolute Gasteiger partial charge is 0.348 e. The van der Waals surface area contributed by atoms with Crippen LogP contribution in [0.4, 0.5) is 0 Å². The third-order valence-corrected chi connectivity index (χ3v) is 2.40. The molecule has 14 heavy (non-hydrogen) atoms. The van der Waals surface area contributed by atoms with Crippen molar-refractivity contribution in [2.45, 2.75) is 34.2 Å². The van der Waals surface area contributed by atoms with Crippen molar-refractivity contribution in [1.82, 2.24) is 5.32 Å². The molecule has 0 fully saturated rings. The van der Waals surface area contributed by atoms with Crippen molar-refractivity contribution in [2.75, 3.05) is 0 Å². The van der Waals surface area contributed by atoms with Gasteiger partial charge in [-0.1, -0.05) is 19.9 Å². The number of carbonyl (C=O) groups excluding carboxylic acids is 1. The number of nitrogens with one attached hydrogen (secondary N) is 1. The van der Waals surface area contributed by atoms with Crippen molar-refractivity contribution in [1.29, 1.82) is 0 Å². The highest BCUT2D eigenvalue weighted by atomic mass is 16.1. The molecule has 1 heterocycles. The van der Waals surface area contributed by atoms with Crippen LogP contribution in [0.25, 0.3) is 0 Å². The SMILES string of the molecule is CC.Cc1cc2c(cc1C)C(=O)NC2. The van der Waals surface area contributed by atoms with Gasteiger partial charge < -0.3 is 5.32 Å². The standard InChI is InChI=1S/C10H11NO.C2H6/c1-6-3-8-5-11-10(12)9(8)4-7(6)2;1-2/h3-4H,5H2,1-2H3,(H,11,12);1-2H3. The van der Waals surface area contributed by atoms with E-state index in [0.29, 0.717) is 6.54 Å². The second-order valence-corrected chi connectivity index (χ2v) is 3.28. The predicted octanol–water partition coefficient (Wildman–Crippen LogP) is 2.57. The Labute approximate surface area is 85.3 Å². The van der Waals surface area contributed by atoms with Crippen LogP contribution in [0, 0.1) is 13.8 Å². The summed E-state index contributed by atoms with van der Waals surface area (Å²) in [6, 6.07) is 4.05. The second kappa shape index (κ2) is 4.27. The van der Waals surface area contributed by atoms with E-state index in [1.54, 1.807) is 0 Å². The second-order valence-electron chi connectivity index (χ2n) is 3.28. The highest BCUT2D eigenvalue weighted by Crippen LogP contribution is 2.19. The Morgan fingerprint density at radius 2 is 1.71 bits per heavy atom. The van der Waals surface area contributed by atoms with Crippen molar-refractivity contribution in [3.8, 4) is 0 Å². The van der Waals surface area contributed by atoms with E-state index in [-0.39, 0.29) is 5.91 Å². The van der Waals surface area contributed by atoms with E-state index in [1.165, 1.54) is 11.1 Å². The number of rotatable bonds is 0. The van der Waals surface area contributed by atoms with E-state index >= 15 is 0 Å². The fourth-order valence-corrected chi connectivity index (χ4v) is 1.50. The minimum atomic E-state index is 0.0631. The van der Waals surface area contributed by atoms with E-state index in [9.17, 15) is 4.79 Å². The van der Waals surface area contributed by atoms with Crippen molar-refractivity contribution in [2.24, 2.45) is 0 Å². The fraction of sp³-hybridized carbons (Fsp3) is 0.417. The van der Waals surface area contributed by atoms with Gasteiger partial charge >= 0.3 is 0 Å². The molecule has 0 bridgehead atoms. The monoisotopic (exact) mass is 191 g/mol. The molecule has 1 aliphatic rings. The van der Waals surface area contributed by atoms with Crippen molar-refractivity contribution in [3.63, 3.8) is 0 Å². The van der Waals surface area contributed by atoms with Crippen LogP contribution in [0.15, 0.2) is 12.1 Å². The van der Waals surface area contributed by atoms with Crippen LogP contribution < -0.4 is 5.32 Å². The minimum absolute atomic E-state index is 0.0631. The van der Waals surface area contributed by atoms with Gasteiger partial charge in [0.05, 0.1) is 0 Å². The maximum absolute atomic E-state index is 11.2. The molecule has 0 saturated heterocycles. The quantitative estimate of drug-likeness (QED) is 0.671. The molecule has 1 aromatic carbocycles. The van der Waals surface area contributed by atoms with Crippen molar-refractivity contribution in [3.05, 3.63) is 34.4 Å². The fourth-order valence-electron chi connectivity index (χ4n) is 1.50. The number of amides is 1. The average molecular weight is 191 g/mol. The molecule has 1 amide bonds. The third kappa shape index (κ3) is 1.79. The van der Waals surface area contributed by atoms with E-state index in [0.717, 1.165) is 11.1 Å². The van der Waals surface area contributed by atoms with Crippen molar-refractivity contribution < 1.29 is 4.79 Å². The summed E-state index contributed by atoms with van der Waals surface area (Å²) in [6.07, 6.45) is 0. The average Bonchev–Trinajstić information content (AvgIpc) is 2.53. The summed E-state index contributed by atoms with van der Waals surface area (Å²) in [7, 11) is 0. The molecule has 1 aliphatic heterocycles. The van der Waals surface area contributed by atoms with E-state index < -0.39 is 0 Å². The summed E-state index contributed by atoms with van der Waals surface area (Å²) in [4.78, 5) is 11.2. The lowest BCUT2D eigenvalue weighted by atomic mass is 10.0. The van der Waals surface area contributed by atoms with Gasteiger partial charge in [0, 0.05) is 12.1 Å². The van der Waals surface area contributed by atoms with Gasteiger partial charge in [0.2, 0.25) is 0 Å². The molecule has 0 saturated carbocycles. The first kappa shape index (κ1) is 10.8. The Morgan fingerprint density at radius 3 is 2.36 bits per heavy atom. The first-order chi connectivity index (χ1) is 6.68. The van der Waals surface area contributed by atoms with E-state index in [2.05, 4.69) is 18.3 Å². The zero-order valence-electron chi connectivity index (χ0n) is 9.27. The molecule has 0 aromatic heterocycles. The predicted molar refractivity (Wildman–Crippen MR) is 58.4 cm³/mol. The van der Waals surface area contributed by atoms with E-state index in [4.69, 9.17) is 0 Å². The van der Waals surface area contributed by atoms with Gasteiger partial charge in [0.1, 0.15) is 0 Å². The van der Waals surface area contributed by atoms with Crippen LogP contribution >= 0.6 is 0 Å². The molecule has 76 valence electrons. The highest BCUT2D eigenvalue weighted by molar-refractivity contribution is 5.98. The zero-order valence-corrected chi connectivity index (χ0v) is 9.27. The van der Waals surface area contributed by atoms with Gasteiger partial charge in [-0.15, -0.1) is 0 Å². The Balaban J connectivity index is 0.000000461. The maximum atomic E-state index is 11.2. The van der Waals surface area contributed by atoms with Gasteiger partial charge in [0.15, 0.2) is 0 Å². The minimum Gasteiger partial charge on any atom is -0.348 e. The summed E-state index contributed by atoms with van der Waals surface area (Å²) in [5, 5.41) is 2.80. The van der Waals surface area contributed by atoms with Crippen LogP contribution in [-0.4, -0.2) is 5.91 Å².